The number of anilines is 1. The van der Waals surface area contributed by atoms with Gasteiger partial charge < -0.3 is 5.73 Å². The second-order valence-corrected chi connectivity index (χ2v) is 7.39. The molecule has 0 saturated carbocycles. The van der Waals surface area contributed by atoms with Crippen LogP contribution in [0.15, 0.2) is 41.3 Å². The summed E-state index contributed by atoms with van der Waals surface area (Å²) >= 11 is 7.73. The zero-order valence-corrected chi connectivity index (χ0v) is 14.3. The predicted molar refractivity (Wildman–Crippen MR) is 89.3 cm³/mol. The van der Waals surface area contributed by atoms with Crippen molar-refractivity contribution in [1.82, 2.24) is 0 Å². The Morgan fingerprint density at radius 1 is 1.29 bits per heavy atom. The molecule has 0 bridgehead atoms. The van der Waals surface area contributed by atoms with Crippen molar-refractivity contribution >= 4 is 49.9 Å². The molecular weight excluding hydrogens is 430 g/mol. The topological polar surface area (TPSA) is 72.2 Å². The van der Waals surface area contributed by atoms with E-state index in [-0.39, 0.29) is 22.0 Å². The zero-order valence-electron chi connectivity index (χ0n) is 10.6. The minimum absolute atomic E-state index is 0.0536. The fourth-order valence-corrected chi connectivity index (χ4v) is 3.70. The van der Waals surface area contributed by atoms with Gasteiger partial charge in [0.15, 0.2) is 0 Å². The van der Waals surface area contributed by atoms with Crippen LogP contribution in [0.2, 0.25) is 5.02 Å². The van der Waals surface area contributed by atoms with Gasteiger partial charge in [-0.15, -0.1) is 0 Å². The van der Waals surface area contributed by atoms with Gasteiger partial charge in [-0.25, -0.2) is 12.8 Å². The maximum Gasteiger partial charge on any atom is 0.262 e. The SMILES string of the molecule is NCc1cc(S(=O)(=O)Nc2ccccc2I)cc(F)c1Cl. The molecule has 0 radical (unpaired) electrons. The van der Waals surface area contributed by atoms with Crippen molar-refractivity contribution < 1.29 is 12.8 Å². The van der Waals surface area contributed by atoms with Gasteiger partial charge in [-0.05, 0) is 52.4 Å². The Bertz CT molecular complexity index is 784. The summed E-state index contributed by atoms with van der Waals surface area (Å²) in [5, 5.41) is -0.161. The standard InChI is InChI=1S/C13H11ClFIN2O2S/c14-13-8(7-17)5-9(6-10(13)15)21(19,20)18-12-4-2-1-3-11(12)16/h1-6,18H,7,17H2. The number of nitrogens with two attached hydrogens (primary N) is 1. The number of hydrogen-bond donors (Lipinski definition) is 2. The fraction of sp³-hybridized carbons (Fsp3) is 0.0769. The van der Waals surface area contributed by atoms with Crippen molar-refractivity contribution in [3.63, 3.8) is 0 Å². The molecule has 0 atom stereocenters. The smallest absolute Gasteiger partial charge is 0.262 e. The van der Waals surface area contributed by atoms with Crippen LogP contribution < -0.4 is 10.5 Å². The number of nitrogens with one attached hydrogen (secondary N) is 1. The molecule has 0 heterocycles. The molecule has 0 unspecified atom stereocenters. The second-order valence-electron chi connectivity index (χ2n) is 4.17. The van der Waals surface area contributed by atoms with Gasteiger partial charge in [-0.1, -0.05) is 23.7 Å². The number of rotatable bonds is 4. The molecule has 3 N–H and O–H groups in total. The van der Waals surface area contributed by atoms with Gasteiger partial charge in [-0.3, -0.25) is 4.72 Å². The molecular formula is C13H11ClFIN2O2S. The molecule has 21 heavy (non-hydrogen) atoms. The van der Waals surface area contributed by atoms with E-state index >= 15 is 0 Å². The van der Waals surface area contributed by atoms with Crippen molar-refractivity contribution in [3.05, 3.63) is 56.4 Å². The lowest BCUT2D eigenvalue weighted by Gasteiger charge is -2.11. The van der Waals surface area contributed by atoms with Crippen LogP contribution >= 0.6 is 34.2 Å². The lowest BCUT2D eigenvalue weighted by atomic mass is 10.2. The van der Waals surface area contributed by atoms with Crippen LogP contribution in [0.25, 0.3) is 0 Å². The summed E-state index contributed by atoms with van der Waals surface area (Å²) in [4.78, 5) is -0.218. The molecule has 112 valence electrons. The van der Waals surface area contributed by atoms with E-state index < -0.39 is 15.8 Å². The van der Waals surface area contributed by atoms with Gasteiger partial charge in [0.2, 0.25) is 0 Å². The molecule has 8 heteroatoms. The average Bonchev–Trinajstić information content (AvgIpc) is 2.44. The predicted octanol–water partition coefficient (Wildman–Crippen LogP) is 3.34. The normalized spacial score (nSPS) is 11.4. The Labute approximate surface area is 140 Å². The Balaban J connectivity index is 2.45. The zero-order chi connectivity index (χ0) is 15.6. The Morgan fingerprint density at radius 2 is 1.95 bits per heavy atom. The Hall–Kier alpha value is -0.900. The van der Waals surface area contributed by atoms with E-state index in [1.165, 1.54) is 6.07 Å². The first-order valence-corrected chi connectivity index (χ1v) is 8.74. The fourth-order valence-electron chi connectivity index (χ4n) is 1.67. The molecule has 2 aromatic carbocycles. The van der Waals surface area contributed by atoms with E-state index in [1.54, 1.807) is 24.3 Å². The minimum atomic E-state index is -3.92. The Morgan fingerprint density at radius 3 is 2.57 bits per heavy atom. The van der Waals surface area contributed by atoms with Gasteiger partial charge >= 0.3 is 0 Å². The highest BCUT2D eigenvalue weighted by molar-refractivity contribution is 14.1. The maximum absolute atomic E-state index is 13.7. The minimum Gasteiger partial charge on any atom is -0.326 e. The summed E-state index contributed by atoms with van der Waals surface area (Å²) in [5.41, 5.74) is 6.10. The highest BCUT2D eigenvalue weighted by Gasteiger charge is 2.19. The summed E-state index contributed by atoms with van der Waals surface area (Å²) in [6.45, 7) is -0.0536. The first kappa shape index (κ1) is 16.5. The second kappa shape index (κ2) is 6.47. The summed E-state index contributed by atoms with van der Waals surface area (Å²) in [7, 11) is -3.92. The number of halogens is 3. The highest BCUT2D eigenvalue weighted by Crippen LogP contribution is 2.26. The first-order valence-electron chi connectivity index (χ1n) is 5.80. The van der Waals surface area contributed by atoms with E-state index in [0.717, 1.165) is 9.64 Å². The van der Waals surface area contributed by atoms with Gasteiger partial charge in [0.25, 0.3) is 10.0 Å². The molecule has 2 rings (SSSR count). The molecule has 0 spiro atoms. The Kier molecular flexibility index (Phi) is 5.07. The largest absolute Gasteiger partial charge is 0.326 e. The van der Waals surface area contributed by atoms with Crippen LogP contribution in [0.1, 0.15) is 5.56 Å². The molecule has 0 amide bonds. The maximum atomic E-state index is 13.7. The van der Waals surface area contributed by atoms with Crippen molar-refractivity contribution in [2.24, 2.45) is 5.73 Å². The van der Waals surface area contributed by atoms with Crippen molar-refractivity contribution in [2.45, 2.75) is 11.4 Å². The molecule has 4 nitrogen and oxygen atoms in total. The van der Waals surface area contributed by atoms with E-state index in [2.05, 4.69) is 4.72 Å². The van der Waals surface area contributed by atoms with E-state index in [9.17, 15) is 12.8 Å². The number of sulfonamides is 1. The van der Waals surface area contributed by atoms with Crippen LogP contribution in [-0.4, -0.2) is 8.42 Å². The molecule has 0 saturated heterocycles. The lowest BCUT2D eigenvalue weighted by molar-refractivity contribution is 0.594. The van der Waals surface area contributed by atoms with Crippen molar-refractivity contribution in [1.29, 1.82) is 0 Å². The average molecular weight is 441 g/mol. The number of hydrogen-bond acceptors (Lipinski definition) is 3. The van der Waals surface area contributed by atoms with E-state index in [4.69, 9.17) is 17.3 Å². The highest BCUT2D eigenvalue weighted by atomic mass is 127. The lowest BCUT2D eigenvalue weighted by Crippen LogP contribution is -2.15. The van der Waals surface area contributed by atoms with Crippen LogP contribution in [0.4, 0.5) is 10.1 Å². The van der Waals surface area contributed by atoms with Crippen LogP contribution in [-0.2, 0) is 16.6 Å². The van der Waals surface area contributed by atoms with Crippen molar-refractivity contribution in [2.75, 3.05) is 4.72 Å². The molecule has 0 aliphatic heterocycles. The summed E-state index contributed by atoms with van der Waals surface area (Å²) in [6.07, 6.45) is 0. The summed E-state index contributed by atoms with van der Waals surface area (Å²) < 4.78 is 41.5. The molecule has 2 aromatic rings. The summed E-state index contributed by atoms with van der Waals surface area (Å²) in [6, 6.07) is 9.01. The van der Waals surface area contributed by atoms with Gasteiger partial charge in [0.05, 0.1) is 15.6 Å². The van der Waals surface area contributed by atoms with Gasteiger partial charge in [-0.2, -0.15) is 0 Å². The molecule has 0 aliphatic rings. The van der Waals surface area contributed by atoms with Gasteiger partial charge in [0.1, 0.15) is 5.82 Å². The van der Waals surface area contributed by atoms with E-state index in [1.807, 2.05) is 22.6 Å². The number of para-hydroxylation sites is 1. The third-order valence-corrected chi connectivity index (χ3v) is 5.43. The van der Waals surface area contributed by atoms with Crippen LogP contribution in [0.5, 0.6) is 0 Å². The van der Waals surface area contributed by atoms with Crippen molar-refractivity contribution in [3.8, 4) is 0 Å². The molecule has 0 aromatic heterocycles. The quantitative estimate of drug-likeness (QED) is 0.716. The third-order valence-electron chi connectivity index (χ3n) is 2.73. The third kappa shape index (κ3) is 3.65. The molecule has 0 aliphatic carbocycles. The molecule has 0 fully saturated rings. The number of benzene rings is 2. The van der Waals surface area contributed by atoms with Crippen LogP contribution in [0.3, 0.4) is 0 Å². The van der Waals surface area contributed by atoms with E-state index in [0.29, 0.717) is 5.69 Å². The monoisotopic (exact) mass is 440 g/mol. The van der Waals surface area contributed by atoms with Crippen LogP contribution in [0, 0.1) is 9.39 Å². The van der Waals surface area contributed by atoms with Gasteiger partial charge in [0, 0.05) is 10.1 Å². The summed E-state index contributed by atoms with van der Waals surface area (Å²) in [5.74, 6) is -0.817. The first-order chi connectivity index (χ1) is 9.85.